The van der Waals surface area contributed by atoms with Crippen LogP contribution in [0.5, 0.6) is 11.5 Å². The second-order valence-electron chi connectivity index (χ2n) is 8.48. The number of aliphatic hydroxyl groups is 1. The molecule has 8 nitrogen and oxygen atoms in total. The normalized spacial score (nSPS) is 15.9. The monoisotopic (exact) mass is 507 g/mol. The summed E-state index contributed by atoms with van der Waals surface area (Å²) in [5.41, 5.74) is 0.605. The topological polar surface area (TPSA) is 102 Å². The minimum atomic E-state index is -1.02. The lowest BCUT2D eigenvalue weighted by Gasteiger charge is -2.25. The van der Waals surface area contributed by atoms with Gasteiger partial charge in [-0.25, -0.2) is 0 Å². The zero-order valence-electron chi connectivity index (χ0n) is 19.7. The van der Waals surface area contributed by atoms with E-state index in [0.717, 1.165) is 0 Å². The number of methoxy groups -OCH3 is 1. The van der Waals surface area contributed by atoms with Gasteiger partial charge in [0, 0.05) is 22.2 Å². The minimum Gasteiger partial charge on any atom is -0.503 e. The number of amides is 1. The second-order valence-corrected chi connectivity index (χ2v) is 8.92. The number of hydrogen-bond donors (Lipinski definition) is 1. The molecule has 1 aliphatic heterocycles. The molecule has 184 valence electrons. The molecule has 4 aromatic rings. The maximum atomic E-state index is 13.7. The molecular formula is C27H22ClNO7. The number of benzene rings is 2. The average molecular weight is 508 g/mol. The van der Waals surface area contributed by atoms with Gasteiger partial charge in [-0.3, -0.25) is 14.5 Å². The van der Waals surface area contributed by atoms with Gasteiger partial charge in [-0.15, -0.1) is 0 Å². The van der Waals surface area contributed by atoms with E-state index in [0.29, 0.717) is 38.9 Å². The number of Topliss-reactive ketones (excluding diaryl/α,β-unsaturated/α-hetero) is 1. The van der Waals surface area contributed by atoms with Gasteiger partial charge in [0.15, 0.2) is 22.9 Å². The number of fused-ring (bicyclic) bond motifs is 1. The van der Waals surface area contributed by atoms with Crippen molar-refractivity contribution in [2.24, 2.45) is 0 Å². The molecule has 1 atom stereocenters. The lowest BCUT2D eigenvalue weighted by molar-refractivity contribution is -0.117. The Labute approximate surface area is 211 Å². The minimum absolute atomic E-state index is 0.0209. The zero-order chi connectivity index (χ0) is 25.6. The van der Waals surface area contributed by atoms with Gasteiger partial charge in [0.2, 0.25) is 5.78 Å². The number of anilines is 1. The van der Waals surface area contributed by atoms with Gasteiger partial charge in [0.25, 0.3) is 5.91 Å². The van der Waals surface area contributed by atoms with Gasteiger partial charge in [0.05, 0.1) is 25.1 Å². The first-order valence-electron chi connectivity index (χ1n) is 11.2. The largest absolute Gasteiger partial charge is 0.503 e. The van der Waals surface area contributed by atoms with Gasteiger partial charge in [0.1, 0.15) is 17.6 Å². The molecule has 3 heterocycles. The number of furan rings is 2. The summed E-state index contributed by atoms with van der Waals surface area (Å²) in [5, 5.41) is 11.8. The SMILES string of the molecule is COc1cc(Cl)cc2cc(C(=O)C3=C(O)C(=O)N(c4ccc(OC(C)C)cc4)C3c3ccco3)oc12. The predicted octanol–water partition coefficient (Wildman–Crippen LogP) is 6.26. The van der Waals surface area contributed by atoms with Crippen molar-refractivity contribution in [3.8, 4) is 11.5 Å². The summed E-state index contributed by atoms with van der Waals surface area (Å²) < 4.78 is 22.4. The highest BCUT2D eigenvalue weighted by molar-refractivity contribution is 6.31. The Morgan fingerprint density at radius 3 is 2.53 bits per heavy atom. The maximum Gasteiger partial charge on any atom is 0.294 e. The van der Waals surface area contributed by atoms with Crippen LogP contribution in [0.1, 0.15) is 36.2 Å². The fourth-order valence-corrected chi connectivity index (χ4v) is 4.48. The predicted molar refractivity (Wildman–Crippen MR) is 133 cm³/mol. The van der Waals surface area contributed by atoms with E-state index in [1.165, 1.54) is 24.3 Å². The molecule has 0 fully saturated rings. The number of ether oxygens (including phenoxy) is 2. The van der Waals surface area contributed by atoms with E-state index in [-0.39, 0.29) is 17.4 Å². The molecule has 1 unspecified atom stereocenters. The standard InChI is InChI=1S/C27H22ClNO7/c1-14(2)35-18-8-6-17(7-9-18)29-23(19-5-4-10-34-19)22(25(31)27(29)32)24(30)20-12-15-11-16(28)13-21(33-3)26(15)36-20/h4-14,23,31H,1-3H3. The summed E-state index contributed by atoms with van der Waals surface area (Å²) in [4.78, 5) is 28.3. The lowest BCUT2D eigenvalue weighted by atomic mass is 9.99. The number of ketones is 1. The van der Waals surface area contributed by atoms with Gasteiger partial charge in [-0.2, -0.15) is 0 Å². The lowest BCUT2D eigenvalue weighted by Crippen LogP contribution is -2.30. The van der Waals surface area contributed by atoms with Crippen molar-refractivity contribution in [1.82, 2.24) is 0 Å². The summed E-state index contributed by atoms with van der Waals surface area (Å²) >= 11 is 6.15. The molecule has 0 saturated heterocycles. The highest BCUT2D eigenvalue weighted by atomic mass is 35.5. The fraction of sp³-hybridized carbons (Fsp3) is 0.185. The number of hydrogen-bond acceptors (Lipinski definition) is 7. The molecule has 1 aliphatic rings. The van der Waals surface area contributed by atoms with E-state index in [4.69, 9.17) is 29.9 Å². The van der Waals surface area contributed by atoms with Crippen LogP contribution in [0.3, 0.4) is 0 Å². The van der Waals surface area contributed by atoms with Crippen LogP contribution >= 0.6 is 11.6 Å². The first kappa shape index (κ1) is 23.6. The highest BCUT2D eigenvalue weighted by Gasteiger charge is 2.46. The van der Waals surface area contributed by atoms with Crippen LogP contribution in [0.2, 0.25) is 5.02 Å². The summed E-state index contributed by atoms with van der Waals surface area (Å²) in [6.45, 7) is 3.82. The Morgan fingerprint density at radius 1 is 1.14 bits per heavy atom. The van der Waals surface area contributed by atoms with Gasteiger partial charge < -0.3 is 23.4 Å². The quantitative estimate of drug-likeness (QED) is 0.294. The van der Waals surface area contributed by atoms with Gasteiger partial charge >= 0.3 is 0 Å². The summed E-state index contributed by atoms with van der Waals surface area (Å²) in [5.74, 6) is -0.903. The molecule has 0 saturated carbocycles. The Morgan fingerprint density at radius 2 is 1.89 bits per heavy atom. The van der Waals surface area contributed by atoms with Crippen molar-refractivity contribution in [3.63, 3.8) is 0 Å². The molecule has 36 heavy (non-hydrogen) atoms. The van der Waals surface area contributed by atoms with E-state index in [2.05, 4.69) is 0 Å². The maximum absolute atomic E-state index is 13.7. The Kier molecular flexibility index (Phi) is 5.97. The van der Waals surface area contributed by atoms with Crippen molar-refractivity contribution in [2.45, 2.75) is 26.0 Å². The molecule has 2 aromatic heterocycles. The van der Waals surface area contributed by atoms with Crippen LogP contribution in [0.15, 0.2) is 81.0 Å². The number of aliphatic hydroxyl groups excluding tert-OH is 1. The van der Waals surface area contributed by atoms with Gasteiger partial charge in [-0.05, 0) is 62.4 Å². The molecule has 1 amide bonds. The van der Waals surface area contributed by atoms with Crippen LogP contribution < -0.4 is 14.4 Å². The number of carbonyl (C=O) groups excluding carboxylic acids is 2. The van der Waals surface area contributed by atoms with Crippen LogP contribution in [-0.2, 0) is 4.79 Å². The summed E-state index contributed by atoms with van der Waals surface area (Å²) in [6, 6.07) is 13.7. The number of carbonyl (C=O) groups is 2. The van der Waals surface area contributed by atoms with Crippen molar-refractivity contribution < 1.29 is 33.0 Å². The molecule has 2 aromatic carbocycles. The molecule has 0 radical (unpaired) electrons. The third kappa shape index (κ3) is 3.99. The first-order chi connectivity index (χ1) is 17.3. The van der Waals surface area contributed by atoms with Crippen LogP contribution in [0.25, 0.3) is 11.0 Å². The number of nitrogens with zero attached hydrogens (tertiary/aromatic N) is 1. The average Bonchev–Trinajstić information content (AvgIpc) is 3.57. The van der Waals surface area contributed by atoms with Gasteiger partial charge in [-0.1, -0.05) is 11.6 Å². The Hall–Kier alpha value is -4.17. The molecule has 0 spiro atoms. The third-order valence-corrected chi connectivity index (χ3v) is 5.96. The number of rotatable bonds is 7. The van der Waals surface area contributed by atoms with Crippen molar-refractivity contribution in [3.05, 3.63) is 88.7 Å². The second kappa shape index (κ2) is 9.13. The highest BCUT2D eigenvalue weighted by Crippen LogP contribution is 2.43. The van der Waals surface area contributed by atoms with Crippen LogP contribution in [0, 0.1) is 0 Å². The first-order valence-corrected chi connectivity index (χ1v) is 11.5. The Balaban J connectivity index is 1.58. The number of halogens is 1. The zero-order valence-corrected chi connectivity index (χ0v) is 20.4. The smallest absolute Gasteiger partial charge is 0.294 e. The van der Waals surface area contributed by atoms with Crippen molar-refractivity contribution >= 4 is 39.9 Å². The molecule has 5 rings (SSSR count). The van der Waals surface area contributed by atoms with E-state index in [1.54, 1.807) is 48.5 Å². The van der Waals surface area contributed by atoms with E-state index >= 15 is 0 Å². The van der Waals surface area contributed by atoms with E-state index < -0.39 is 23.5 Å². The van der Waals surface area contributed by atoms with E-state index in [1.807, 2.05) is 13.8 Å². The van der Waals surface area contributed by atoms with Crippen LogP contribution in [-0.4, -0.2) is 30.0 Å². The van der Waals surface area contributed by atoms with E-state index in [9.17, 15) is 14.7 Å². The molecule has 9 heteroatoms. The summed E-state index contributed by atoms with van der Waals surface area (Å²) in [7, 11) is 1.46. The summed E-state index contributed by atoms with van der Waals surface area (Å²) in [6.07, 6.45) is 1.41. The molecule has 0 aliphatic carbocycles. The van der Waals surface area contributed by atoms with Crippen LogP contribution in [0.4, 0.5) is 5.69 Å². The molecular weight excluding hydrogens is 486 g/mol. The Bertz CT molecular complexity index is 1480. The van der Waals surface area contributed by atoms with Crippen molar-refractivity contribution in [1.29, 1.82) is 0 Å². The van der Waals surface area contributed by atoms with Crippen molar-refractivity contribution in [2.75, 3.05) is 12.0 Å². The fourth-order valence-electron chi connectivity index (χ4n) is 4.26. The molecule has 0 bridgehead atoms. The third-order valence-electron chi connectivity index (χ3n) is 5.74. The molecule has 1 N–H and O–H groups in total.